The van der Waals surface area contributed by atoms with Gasteiger partial charge in [0.15, 0.2) is 0 Å². The van der Waals surface area contributed by atoms with E-state index in [1.54, 1.807) is 0 Å². The first kappa shape index (κ1) is 3.90. The highest BCUT2D eigenvalue weighted by Gasteiger charge is 2.68. The van der Waals surface area contributed by atoms with E-state index < -0.39 is 0 Å². The Kier molecular flexibility index (Phi) is 0.419. The van der Waals surface area contributed by atoms with Crippen molar-refractivity contribution in [2.75, 3.05) is 13.1 Å². The van der Waals surface area contributed by atoms with Gasteiger partial charge in [-0.1, -0.05) is 13.8 Å². The summed E-state index contributed by atoms with van der Waals surface area (Å²) in [4.78, 5) is 2.51. The summed E-state index contributed by atoms with van der Waals surface area (Å²) in [7, 11) is 0. The quantitative estimate of drug-likeness (QED) is 0.435. The number of hydrogen-bond donors (Lipinski definition) is 0. The van der Waals surface area contributed by atoms with Crippen LogP contribution in [0.2, 0.25) is 0 Å². The number of nitrogens with zero attached hydrogens (tertiary/aromatic N) is 1. The van der Waals surface area contributed by atoms with Crippen molar-refractivity contribution in [3.63, 3.8) is 0 Å². The summed E-state index contributed by atoms with van der Waals surface area (Å²) in [6, 6.07) is 0. The molecule has 2 saturated heterocycles. The van der Waals surface area contributed by atoms with Gasteiger partial charge >= 0.3 is 0 Å². The second-order valence-electron chi connectivity index (χ2n) is 3.11. The minimum atomic E-state index is 0.750. The molecular weight excluding hydrogens is 86.1 g/mol. The molecule has 0 aromatic carbocycles. The zero-order valence-corrected chi connectivity index (χ0v) is 4.94. The Labute approximate surface area is 44.3 Å². The molecule has 1 heteroatoms. The number of rotatable bonds is 1. The second-order valence-corrected chi connectivity index (χ2v) is 3.11. The largest absolute Gasteiger partial charge is 0.291 e. The average molecular weight is 97.2 g/mol. The van der Waals surface area contributed by atoms with Crippen LogP contribution in [0.15, 0.2) is 0 Å². The zero-order valence-electron chi connectivity index (χ0n) is 4.94. The maximum Gasteiger partial charge on any atom is 0.0488 e. The predicted molar refractivity (Wildman–Crippen MR) is 29.1 cm³/mol. The summed E-state index contributed by atoms with van der Waals surface area (Å²) < 4.78 is 0. The molecule has 0 spiro atoms. The standard InChI is InChI=1S/C6H11N/c1-5(2)6-3-7(6)4-6/h5H,3-4H2,1-2H3. The molecule has 7 heavy (non-hydrogen) atoms. The van der Waals surface area contributed by atoms with Gasteiger partial charge in [0, 0.05) is 18.6 Å². The first-order valence-corrected chi connectivity index (χ1v) is 3.01. The molecule has 2 aliphatic heterocycles. The van der Waals surface area contributed by atoms with E-state index in [0.717, 1.165) is 11.5 Å². The topological polar surface area (TPSA) is 3.01 Å². The van der Waals surface area contributed by atoms with Crippen LogP contribution in [0.3, 0.4) is 0 Å². The highest BCUT2D eigenvalue weighted by atomic mass is 15.5. The lowest BCUT2D eigenvalue weighted by molar-refractivity contribution is 0.576. The van der Waals surface area contributed by atoms with Crippen LogP contribution in [-0.2, 0) is 0 Å². The fourth-order valence-corrected chi connectivity index (χ4v) is 1.27. The molecule has 2 heterocycles. The molecule has 0 aromatic rings. The summed E-state index contributed by atoms with van der Waals surface area (Å²) in [5, 5.41) is 0. The summed E-state index contributed by atoms with van der Waals surface area (Å²) in [6.07, 6.45) is 0. The van der Waals surface area contributed by atoms with E-state index in [1.807, 2.05) is 0 Å². The van der Waals surface area contributed by atoms with Gasteiger partial charge in [-0.2, -0.15) is 0 Å². The third-order valence-corrected chi connectivity index (χ3v) is 2.43. The first-order valence-electron chi connectivity index (χ1n) is 3.01. The maximum atomic E-state index is 2.51. The van der Waals surface area contributed by atoms with Crippen molar-refractivity contribution < 1.29 is 0 Å². The van der Waals surface area contributed by atoms with Gasteiger partial charge in [0.05, 0.1) is 0 Å². The molecule has 1 nitrogen and oxygen atoms in total. The Hall–Kier alpha value is -0.0400. The third-order valence-electron chi connectivity index (χ3n) is 2.43. The van der Waals surface area contributed by atoms with Gasteiger partial charge < -0.3 is 0 Å². The molecule has 2 aliphatic rings. The molecule has 0 saturated carbocycles. The SMILES string of the molecule is CC(C)C12CN1C2. The highest BCUT2D eigenvalue weighted by Crippen LogP contribution is 2.53. The van der Waals surface area contributed by atoms with Crippen LogP contribution in [0, 0.1) is 5.92 Å². The van der Waals surface area contributed by atoms with E-state index in [2.05, 4.69) is 18.7 Å². The minimum absolute atomic E-state index is 0.750. The van der Waals surface area contributed by atoms with E-state index >= 15 is 0 Å². The van der Waals surface area contributed by atoms with Gasteiger partial charge in [0.2, 0.25) is 0 Å². The Morgan fingerprint density at radius 3 is 1.86 bits per heavy atom. The van der Waals surface area contributed by atoms with Crippen molar-refractivity contribution >= 4 is 0 Å². The van der Waals surface area contributed by atoms with Gasteiger partial charge in [-0.25, -0.2) is 0 Å². The zero-order chi connectivity index (χ0) is 5.07. The van der Waals surface area contributed by atoms with Gasteiger partial charge in [-0.15, -0.1) is 0 Å². The van der Waals surface area contributed by atoms with E-state index in [-0.39, 0.29) is 0 Å². The van der Waals surface area contributed by atoms with E-state index in [0.29, 0.717) is 0 Å². The van der Waals surface area contributed by atoms with Gasteiger partial charge in [0.1, 0.15) is 0 Å². The fraction of sp³-hybridized carbons (Fsp3) is 1.00. The molecule has 0 atom stereocenters. The number of fused-ring (bicyclic) bond motifs is 1. The van der Waals surface area contributed by atoms with Crippen LogP contribution in [0.4, 0.5) is 0 Å². The van der Waals surface area contributed by atoms with Gasteiger partial charge in [-0.3, -0.25) is 4.90 Å². The Morgan fingerprint density at radius 2 is 1.86 bits per heavy atom. The Bertz CT molecular complexity index is 101. The van der Waals surface area contributed by atoms with Crippen molar-refractivity contribution in [1.29, 1.82) is 0 Å². The molecule has 40 valence electrons. The molecular formula is C6H11N. The third kappa shape index (κ3) is 0.290. The molecule has 0 aromatic heterocycles. The molecule has 0 N–H and O–H groups in total. The molecule has 0 unspecified atom stereocenters. The van der Waals surface area contributed by atoms with Crippen LogP contribution >= 0.6 is 0 Å². The molecule has 2 fully saturated rings. The summed E-state index contributed by atoms with van der Waals surface area (Å²) in [6.45, 7) is 7.41. The van der Waals surface area contributed by atoms with Crippen LogP contribution in [0.25, 0.3) is 0 Å². The van der Waals surface area contributed by atoms with Gasteiger partial charge in [-0.05, 0) is 5.92 Å². The summed E-state index contributed by atoms with van der Waals surface area (Å²) in [5.74, 6) is 0.910. The highest BCUT2D eigenvalue weighted by molar-refractivity contribution is 5.25. The van der Waals surface area contributed by atoms with Crippen LogP contribution in [-0.4, -0.2) is 23.5 Å². The second kappa shape index (κ2) is 0.752. The monoisotopic (exact) mass is 97.1 g/mol. The molecule has 0 amide bonds. The molecule has 0 bridgehead atoms. The van der Waals surface area contributed by atoms with Crippen LogP contribution < -0.4 is 0 Å². The van der Waals surface area contributed by atoms with Crippen molar-refractivity contribution in [3.05, 3.63) is 0 Å². The van der Waals surface area contributed by atoms with Crippen molar-refractivity contribution in [2.24, 2.45) is 5.92 Å². The first-order chi connectivity index (χ1) is 3.26. The smallest absolute Gasteiger partial charge is 0.0488 e. The molecule has 2 rings (SSSR count). The lowest BCUT2D eigenvalue weighted by atomic mass is 10.0. The summed E-state index contributed by atoms with van der Waals surface area (Å²) in [5.41, 5.74) is 0.750. The lowest BCUT2D eigenvalue weighted by Gasteiger charge is -2.00. The van der Waals surface area contributed by atoms with Crippen molar-refractivity contribution in [1.82, 2.24) is 4.90 Å². The van der Waals surface area contributed by atoms with E-state index in [4.69, 9.17) is 0 Å². The average Bonchev–Trinajstić information content (AvgIpc) is 2.04. The minimum Gasteiger partial charge on any atom is -0.291 e. The van der Waals surface area contributed by atoms with E-state index in [1.165, 1.54) is 13.1 Å². The predicted octanol–water partition coefficient (Wildman–Crippen LogP) is 0.710. The van der Waals surface area contributed by atoms with Crippen LogP contribution in [0.5, 0.6) is 0 Å². The molecule has 0 aliphatic carbocycles. The van der Waals surface area contributed by atoms with Crippen molar-refractivity contribution in [2.45, 2.75) is 19.4 Å². The Balaban J connectivity index is 2.08. The van der Waals surface area contributed by atoms with Crippen LogP contribution in [0.1, 0.15) is 13.8 Å². The fourth-order valence-electron chi connectivity index (χ4n) is 1.27. The lowest BCUT2D eigenvalue weighted by Crippen LogP contribution is -2.10. The number of hydrogen-bond acceptors (Lipinski definition) is 1. The Morgan fingerprint density at radius 1 is 1.43 bits per heavy atom. The molecule has 0 radical (unpaired) electrons. The normalized spacial score (nSPS) is 54.4. The van der Waals surface area contributed by atoms with Crippen molar-refractivity contribution in [3.8, 4) is 0 Å². The maximum absolute atomic E-state index is 2.51. The summed E-state index contributed by atoms with van der Waals surface area (Å²) >= 11 is 0. The van der Waals surface area contributed by atoms with Gasteiger partial charge in [0.25, 0.3) is 0 Å². The van der Waals surface area contributed by atoms with E-state index in [9.17, 15) is 0 Å².